The fraction of sp³-hybridized carbons (Fsp3) is 0.200. The highest BCUT2D eigenvalue weighted by Gasteiger charge is 2.11. The van der Waals surface area contributed by atoms with E-state index in [4.69, 9.17) is 5.73 Å². The van der Waals surface area contributed by atoms with Crippen molar-refractivity contribution < 1.29 is 4.39 Å². The van der Waals surface area contributed by atoms with Crippen LogP contribution in [0.25, 0.3) is 11.3 Å². The minimum atomic E-state index is -0.379. The zero-order valence-electron chi connectivity index (χ0n) is 8.53. The highest BCUT2D eigenvalue weighted by atomic mass is 19.1. The highest BCUT2D eigenvalue weighted by Crippen LogP contribution is 2.25. The van der Waals surface area contributed by atoms with Crippen molar-refractivity contribution in [3.05, 3.63) is 29.8 Å². The fourth-order valence-corrected chi connectivity index (χ4v) is 1.46. The van der Waals surface area contributed by atoms with E-state index in [-0.39, 0.29) is 5.82 Å². The topological polar surface area (TPSA) is 56.7 Å². The molecule has 0 atom stereocenters. The molecule has 2 aromatic heterocycles. The molecule has 0 aliphatic heterocycles. The first-order valence-electron chi connectivity index (χ1n) is 4.49. The van der Waals surface area contributed by atoms with Gasteiger partial charge in [-0.1, -0.05) is 0 Å². The van der Waals surface area contributed by atoms with Crippen molar-refractivity contribution in [1.29, 1.82) is 0 Å². The number of aryl methyl sites for hydroxylation is 1. The summed E-state index contributed by atoms with van der Waals surface area (Å²) < 4.78 is 14.5. The molecule has 0 aromatic carbocycles. The van der Waals surface area contributed by atoms with E-state index in [1.165, 1.54) is 6.07 Å². The van der Waals surface area contributed by atoms with Crippen molar-refractivity contribution >= 4 is 5.82 Å². The van der Waals surface area contributed by atoms with Gasteiger partial charge in [0.1, 0.15) is 11.6 Å². The second-order valence-corrected chi connectivity index (χ2v) is 3.37. The Balaban J connectivity index is 2.59. The molecule has 0 amide bonds. The summed E-state index contributed by atoms with van der Waals surface area (Å²) in [4.78, 5) is 3.78. The van der Waals surface area contributed by atoms with Crippen LogP contribution in [0.1, 0.15) is 5.56 Å². The van der Waals surface area contributed by atoms with Crippen molar-refractivity contribution in [2.45, 2.75) is 6.92 Å². The number of nitrogen functional groups attached to an aromatic ring is 1. The number of hydrogen-bond acceptors (Lipinski definition) is 3. The van der Waals surface area contributed by atoms with Crippen molar-refractivity contribution in [1.82, 2.24) is 14.8 Å². The lowest BCUT2D eigenvalue weighted by Crippen LogP contribution is -1.97. The monoisotopic (exact) mass is 206 g/mol. The van der Waals surface area contributed by atoms with E-state index in [2.05, 4.69) is 10.1 Å². The Bertz CT molecular complexity index is 504. The Hall–Kier alpha value is -1.91. The van der Waals surface area contributed by atoms with Gasteiger partial charge >= 0.3 is 0 Å². The van der Waals surface area contributed by atoms with Crippen molar-refractivity contribution in [2.75, 3.05) is 5.73 Å². The molecule has 0 saturated heterocycles. The molecule has 15 heavy (non-hydrogen) atoms. The molecule has 0 aliphatic carbocycles. The maximum atomic E-state index is 13.0. The van der Waals surface area contributed by atoms with E-state index in [9.17, 15) is 4.39 Å². The third-order valence-corrected chi connectivity index (χ3v) is 2.32. The molecule has 2 N–H and O–H groups in total. The first-order chi connectivity index (χ1) is 7.09. The first kappa shape index (κ1) is 9.64. The molecule has 0 aliphatic rings. The van der Waals surface area contributed by atoms with Gasteiger partial charge in [0.25, 0.3) is 0 Å². The van der Waals surface area contributed by atoms with Crippen LogP contribution in [0.4, 0.5) is 10.2 Å². The molecule has 2 heterocycles. The molecular formula is C10H11FN4. The molecule has 0 fully saturated rings. The highest BCUT2D eigenvalue weighted by molar-refractivity contribution is 5.67. The average Bonchev–Trinajstić information content (AvgIpc) is 2.46. The van der Waals surface area contributed by atoms with Gasteiger partial charge in [0.15, 0.2) is 0 Å². The van der Waals surface area contributed by atoms with Gasteiger partial charge in [-0.25, -0.2) is 4.39 Å². The summed E-state index contributed by atoms with van der Waals surface area (Å²) >= 11 is 0. The predicted molar refractivity (Wildman–Crippen MR) is 55.5 cm³/mol. The first-order valence-corrected chi connectivity index (χ1v) is 4.49. The van der Waals surface area contributed by atoms with Crippen molar-refractivity contribution in [3.63, 3.8) is 0 Å². The van der Waals surface area contributed by atoms with Gasteiger partial charge in [-0.05, 0) is 13.0 Å². The molecule has 0 radical (unpaired) electrons. The summed E-state index contributed by atoms with van der Waals surface area (Å²) in [5, 5.41) is 4.21. The lowest BCUT2D eigenvalue weighted by atomic mass is 10.1. The van der Waals surface area contributed by atoms with Crippen LogP contribution in [0.5, 0.6) is 0 Å². The summed E-state index contributed by atoms with van der Waals surface area (Å²) in [6, 6.07) is 1.39. The lowest BCUT2D eigenvalue weighted by molar-refractivity contribution is 0.622. The Morgan fingerprint density at radius 3 is 2.67 bits per heavy atom. The van der Waals surface area contributed by atoms with Gasteiger partial charge in [-0.15, -0.1) is 0 Å². The summed E-state index contributed by atoms with van der Waals surface area (Å²) in [5.41, 5.74) is 7.91. The number of nitrogens with two attached hydrogens (primary N) is 1. The number of halogens is 1. The number of nitrogens with zero attached hydrogens (tertiary/aromatic N) is 3. The second-order valence-electron chi connectivity index (χ2n) is 3.37. The Morgan fingerprint density at radius 2 is 2.13 bits per heavy atom. The van der Waals surface area contributed by atoms with E-state index in [0.717, 1.165) is 11.8 Å². The van der Waals surface area contributed by atoms with E-state index in [1.54, 1.807) is 17.9 Å². The number of anilines is 1. The number of aromatic nitrogens is 3. The average molecular weight is 206 g/mol. The summed E-state index contributed by atoms with van der Waals surface area (Å²) in [7, 11) is 1.75. The zero-order chi connectivity index (χ0) is 11.0. The molecule has 2 rings (SSSR count). The maximum Gasteiger partial charge on any atom is 0.142 e. The van der Waals surface area contributed by atoms with E-state index < -0.39 is 0 Å². The minimum absolute atomic E-state index is 0.379. The molecular weight excluding hydrogens is 195 g/mol. The molecule has 78 valence electrons. The summed E-state index contributed by atoms with van der Waals surface area (Å²) in [6.07, 6.45) is 2.73. The quantitative estimate of drug-likeness (QED) is 0.769. The molecule has 0 bridgehead atoms. The predicted octanol–water partition coefficient (Wildman–Crippen LogP) is 1.51. The Labute approximate surface area is 86.6 Å². The second kappa shape index (κ2) is 3.34. The third-order valence-electron chi connectivity index (χ3n) is 2.32. The van der Waals surface area contributed by atoms with E-state index in [1.807, 2.05) is 6.92 Å². The number of rotatable bonds is 1. The van der Waals surface area contributed by atoms with Gasteiger partial charge in [0, 0.05) is 24.4 Å². The molecule has 0 spiro atoms. The fourth-order valence-electron chi connectivity index (χ4n) is 1.46. The van der Waals surface area contributed by atoms with Crippen molar-refractivity contribution in [2.24, 2.45) is 7.05 Å². The summed E-state index contributed by atoms with van der Waals surface area (Å²) in [6.45, 7) is 1.85. The van der Waals surface area contributed by atoms with Crippen LogP contribution in [0.2, 0.25) is 0 Å². The van der Waals surface area contributed by atoms with Crippen LogP contribution >= 0.6 is 0 Å². The molecule has 0 saturated carbocycles. The molecule has 0 unspecified atom stereocenters. The third kappa shape index (κ3) is 1.56. The van der Waals surface area contributed by atoms with Gasteiger partial charge in [0.05, 0.1) is 11.9 Å². The number of hydrogen-bond donors (Lipinski definition) is 1. The Morgan fingerprint density at radius 1 is 1.40 bits per heavy atom. The van der Waals surface area contributed by atoms with Crippen LogP contribution in [-0.4, -0.2) is 14.8 Å². The van der Waals surface area contributed by atoms with Gasteiger partial charge < -0.3 is 5.73 Å². The maximum absolute atomic E-state index is 13.0. The van der Waals surface area contributed by atoms with E-state index in [0.29, 0.717) is 17.1 Å². The van der Waals surface area contributed by atoms with Crippen LogP contribution in [-0.2, 0) is 7.05 Å². The normalized spacial score (nSPS) is 10.6. The smallest absolute Gasteiger partial charge is 0.142 e. The van der Waals surface area contributed by atoms with Gasteiger partial charge in [-0.3, -0.25) is 9.67 Å². The molecule has 4 nitrogen and oxygen atoms in total. The standard InChI is InChI=1S/C10H11FN4/c1-6-9(14-15(2)10(6)12)7-3-8(11)5-13-4-7/h3-5H,12H2,1-2H3. The Kier molecular flexibility index (Phi) is 2.15. The van der Waals surface area contributed by atoms with E-state index >= 15 is 0 Å². The molecule has 2 aromatic rings. The number of pyridine rings is 1. The van der Waals surface area contributed by atoms with Crippen molar-refractivity contribution in [3.8, 4) is 11.3 Å². The van der Waals surface area contributed by atoms with Crippen LogP contribution in [0, 0.1) is 12.7 Å². The zero-order valence-corrected chi connectivity index (χ0v) is 8.53. The largest absolute Gasteiger partial charge is 0.384 e. The van der Waals surface area contributed by atoms with Crippen LogP contribution < -0.4 is 5.73 Å². The minimum Gasteiger partial charge on any atom is -0.384 e. The lowest BCUT2D eigenvalue weighted by Gasteiger charge is -1.97. The summed E-state index contributed by atoms with van der Waals surface area (Å²) in [5.74, 6) is 0.199. The SMILES string of the molecule is Cc1c(-c2cncc(F)c2)nn(C)c1N. The van der Waals surface area contributed by atoms with Crippen LogP contribution in [0.15, 0.2) is 18.5 Å². The molecule has 5 heteroatoms. The van der Waals surface area contributed by atoms with Crippen LogP contribution in [0.3, 0.4) is 0 Å². The van der Waals surface area contributed by atoms with Gasteiger partial charge in [0.2, 0.25) is 0 Å². The van der Waals surface area contributed by atoms with Gasteiger partial charge in [-0.2, -0.15) is 5.10 Å².